The third-order valence-electron chi connectivity index (χ3n) is 3.56. The third kappa shape index (κ3) is 6.38. The molecular weight excluding hydrogens is 226 g/mol. The van der Waals surface area contributed by atoms with Crippen LogP contribution in [0.15, 0.2) is 12.3 Å². The number of hydrogen-bond donors (Lipinski definition) is 1. The Balaban J connectivity index is 2.03. The molecule has 0 unspecified atom stereocenters. The van der Waals surface area contributed by atoms with E-state index in [1.165, 1.54) is 52.0 Å². The van der Waals surface area contributed by atoms with Crippen LogP contribution in [0.2, 0.25) is 0 Å². The van der Waals surface area contributed by atoms with Crippen molar-refractivity contribution in [3.05, 3.63) is 12.3 Å². The van der Waals surface area contributed by atoms with E-state index in [0.29, 0.717) is 0 Å². The molecule has 0 aliphatic carbocycles. The van der Waals surface area contributed by atoms with Crippen LogP contribution in [0, 0.1) is 0 Å². The van der Waals surface area contributed by atoms with E-state index in [4.69, 9.17) is 4.74 Å². The van der Waals surface area contributed by atoms with Crippen LogP contribution in [-0.2, 0) is 4.74 Å². The Kier molecular flexibility index (Phi) is 8.05. The molecule has 1 aliphatic heterocycles. The fraction of sp³-hybridized carbons (Fsp3) is 0.857. The van der Waals surface area contributed by atoms with Gasteiger partial charge in [-0.3, -0.25) is 4.90 Å². The Labute approximate surface area is 112 Å². The Morgan fingerprint density at radius 1 is 1.11 bits per heavy atom. The monoisotopic (exact) mass is 255 g/mol. The first-order chi connectivity index (χ1) is 8.76. The van der Waals surface area contributed by atoms with Gasteiger partial charge in [-0.1, -0.05) is 6.58 Å². The van der Waals surface area contributed by atoms with Gasteiger partial charge in [-0.25, -0.2) is 0 Å². The number of methoxy groups -OCH3 is 1. The SMILES string of the molecule is C=C(CN1CCN(CCCCCOC)CC1)NC. The van der Waals surface area contributed by atoms with E-state index in [-0.39, 0.29) is 0 Å². The molecule has 106 valence electrons. The molecule has 1 fully saturated rings. The summed E-state index contributed by atoms with van der Waals surface area (Å²) in [5, 5.41) is 3.12. The van der Waals surface area contributed by atoms with Crippen molar-refractivity contribution in [2.24, 2.45) is 0 Å². The molecule has 1 heterocycles. The Morgan fingerprint density at radius 2 is 1.78 bits per heavy atom. The maximum absolute atomic E-state index is 5.06. The fourth-order valence-corrected chi connectivity index (χ4v) is 2.28. The molecule has 4 nitrogen and oxygen atoms in total. The standard InChI is InChI=1S/C14H29N3O/c1-14(15-2)13-17-10-8-16(9-11-17)7-5-4-6-12-18-3/h15H,1,4-13H2,2-3H3. The number of hydrogen-bond acceptors (Lipinski definition) is 4. The van der Waals surface area contributed by atoms with E-state index in [2.05, 4.69) is 21.7 Å². The van der Waals surface area contributed by atoms with Crippen molar-refractivity contribution in [1.82, 2.24) is 15.1 Å². The summed E-state index contributed by atoms with van der Waals surface area (Å²) in [6.07, 6.45) is 3.77. The molecule has 0 amide bonds. The lowest BCUT2D eigenvalue weighted by molar-refractivity contribution is 0.135. The van der Waals surface area contributed by atoms with Crippen LogP contribution < -0.4 is 5.32 Å². The van der Waals surface area contributed by atoms with Gasteiger partial charge in [0.1, 0.15) is 0 Å². The van der Waals surface area contributed by atoms with Crippen molar-refractivity contribution in [3.8, 4) is 0 Å². The van der Waals surface area contributed by atoms with Crippen LogP contribution in [0.1, 0.15) is 19.3 Å². The quantitative estimate of drug-likeness (QED) is 0.626. The second-order valence-electron chi connectivity index (χ2n) is 5.02. The van der Waals surface area contributed by atoms with Gasteiger partial charge in [-0.2, -0.15) is 0 Å². The van der Waals surface area contributed by atoms with Crippen molar-refractivity contribution < 1.29 is 4.74 Å². The largest absolute Gasteiger partial charge is 0.391 e. The number of ether oxygens (including phenoxy) is 1. The molecule has 1 rings (SSSR count). The molecular formula is C14H29N3O. The smallest absolute Gasteiger partial charge is 0.0462 e. The minimum Gasteiger partial charge on any atom is -0.391 e. The van der Waals surface area contributed by atoms with E-state index in [9.17, 15) is 0 Å². The normalized spacial score (nSPS) is 17.9. The number of piperazine rings is 1. The fourth-order valence-electron chi connectivity index (χ4n) is 2.28. The van der Waals surface area contributed by atoms with Crippen molar-refractivity contribution in [3.63, 3.8) is 0 Å². The van der Waals surface area contributed by atoms with E-state index in [1.807, 2.05) is 7.05 Å². The highest BCUT2D eigenvalue weighted by Crippen LogP contribution is 2.05. The topological polar surface area (TPSA) is 27.7 Å². The lowest BCUT2D eigenvalue weighted by atomic mass is 10.2. The molecule has 0 radical (unpaired) electrons. The Bertz CT molecular complexity index is 225. The van der Waals surface area contributed by atoms with Gasteiger partial charge in [0.25, 0.3) is 0 Å². The molecule has 0 aromatic carbocycles. The van der Waals surface area contributed by atoms with Crippen LogP contribution in [0.3, 0.4) is 0 Å². The van der Waals surface area contributed by atoms with Gasteiger partial charge in [0, 0.05) is 59.2 Å². The number of nitrogens with zero attached hydrogens (tertiary/aromatic N) is 2. The van der Waals surface area contributed by atoms with Gasteiger partial charge in [0.15, 0.2) is 0 Å². The summed E-state index contributed by atoms with van der Waals surface area (Å²) in [5.41, 5.74) is 1.11. The van der Waals surface area contributed by atoms with E-state index in [1.54, 1.807) is 7.11 Å². The lowest BCUT2D eigenvalue weighted by Crippen LogP contribution is -2.47. The van der Waals surface area contributed by atoms with Crippen molar-refractivity contribution >= 4 is 0 Å². The minimum absolute atomic E-state index is 0.903. The van der Waals surface area contributed by atoms with Gasteiger partial charge in [0.05, 0.1) is 0 Å². The Morgan fingerprint density at radius 3 is 2.39 bits per heavy atom. The Hall–Kier alpha value is -0.580. The average molecular weight is 255 g/mol. The first-order valence-corrected chi connectivity index (χ1v) is 7.05. The van der Waals surface area contributed by atoms with Crippen LogP contribution in [-0.4, -0.2) is 69.8 Å². The summed E-state index contributed by atoms with van der Waals surface area (Å²) in [6, 6.07) is 0. The summed E-state index contributed by atoms with van der Waals surface area (Å²) in [5.74, 6) is 0. The van der Waals surface area contributed by atoms with Crippen LogP contribution in [0.5, 0.6) is 0 Å². The van der Waals surface area contributed by atoms with Gasteiger partial charge < -0.3 is 15.0 Å². The highest BCUT2D eigenvalue weighted by atomic mass is 16.5. The summed E-state index contributed by atoms with van der Waals surface area (Å²) in [4.78, 5) is 5.05. The molecule has 1 N–H and O–H groups in total. The molecule has 4 heteroatoms. The first-order valence-electron chi connectivity index (χ1n) is 7.05. The average Bonchev–Trinajstić information content (AvgIpc) is 2.40. The second-order valence-corrected chi connectivity index (χ2v) is 5.02. The molecule has 18 heavy (non-hydrogen) atoms. The predicted octanol–water partition coefficient (Wildman–Crippen LogP) is 1.15. The van der Waals surface area contributed by atoms with Crippen LogP contribution in [0.25, 0.3) is 0 Å². The van der Waals surface area contributed by atoms with Crippen LogP contribution >= 0.6 is 0 Å². The second kappa shape index (κ2) is 9.36. The summed E-state index contributed by atoms with van der Waals surface area (Å²) < 4.78 is 5.06. The molecule has 0 bridgehead atoms. The van der Waals surface area contributed by atoms with Crippen molar-refractivity contribution in [1.29, 1.82) is 0 Å². The third-order valence-corrected chi connectivity index (χ3v) is 3.56. The maximum Gasteiger partial charge on any atom is 0.0462 e. The highest BCUT2D eigenvalue weighted by molar-refractivity contribution is 4.94. The summed E-state index contributed by atoms with van der Waals surface area (Å²) in [6.45, 7) is 11.8. The molecule has 0 atom stereocenters. The maximum atomic E-state index is 5.06. The van der Waals surface area contributed by atoms with E-state index >= 15 is 0 Å². The number of rotatable bonds is 9. The predicted molar refractivity (Wildman–Crippen MR) is 76.8 cm³/mol. The zero-order valence-corrected chi connectivity index (χ0v) is 12.1. The van der Waals surface area contributed by atoms with E-state index < -0.39 is 0 Å². The number of likely N-dealkylation sites (N-methyl/N-ethyl adjacent to an activating group) is 1. The number of unbranched alkanes of at least 4 members (excludes halogenated alkanes) is 2. The highest BCUT2D eigenvalue weighted by Gasteiger charge is 2.16. The molecule has 1 saturated heterocycles. The van der Waals surface area contributed by atoms with Crippen LogP contribution in [0.4, 0.5) is 0 Å². The molecule has 1 aliphatic rings. The molecule has 0 saturated carbocycles. The minimum atomic E-state index is 0.903. The zero-order chi connectivity index (χ0) is 13.2. The molecule has 0 aromatic heterocycles. The van der Waals surface area contributed by atoms with E-state index in [0.717, 1.165) is 18.8 Å². The van der Waals surface area contributed by atoms with Gasteiger partial charge in [0.2, 0.25) is 0 Å². The zero-order valence-electron chi connectivity index (χ0n) is 12.1. The summed E-state index contributed by atoms with van der Waals surface area (Å²) >= 11 is 0. The molecule has 0 spiro atoms. The van der Waals surface area contributed by atoms with Gasteiger partial charge in [-0.05, 0) is 25.8 Å². The van der Waals surface area contributed by atoms with Gasteiger partial charge >= 0.3 is 0 Å². The number of nitrogens with one attached hydrogen (secondary N) is 1. The van der Waals surface area contributed by atoms with Gasteiger partial charge in [-0.15, -0.1) is 0 Å². The van der Waals surface area contributed by atoms with Crippen molar-refractivity contribution in [2.45, 2.75) is 19.3 Å². The molecule has 0 aromatic rings. The first kappa shape index (κ1) is 15.5. The van der Waals surface area contributed by atoms with Crippen molar-refractivity contribution in [2.75, 3.05) is 60.0 Å². The lowest BCUT2D eigenvalue weighted by Gasteiger charge is -2.35. The summed E-state index contributed by atoms with van der Waals surface area (Å²) in [7, 11) is 3.72.